The molecule has 0 radical (unpaired) electrons. The summed E-state index contributed by atoms with van der Waals surface area (Å²) in [5.74, 6) is -0.0378. The summed E-state index contributed by atoms with van der Waals surface area (Å²) in [5.41, 5.74) is 4.04. The number of halogens is 2. The highest BCUT2D eigenvalue weighted by molar-refractivity contribution is 6.35. The Morgan fingerprint density at radius 3 is 2.63 bits per heavy atom. The van der Waals surface area contributed by atoms with Crippen LogP contribution in [-0.2, 0) is 0 Å². The summed E-state index contributed by atoms with van der Waals surface area (Å²) in [7, 11) is 0. The van der Waals surface area contributed by atoms with Gasteiger partial charge >= 0.3 is 0 Å². The second-order valence-electron chi connectivity index (χ2n) is 6.65. The molecule has 0 fully saturated rings. The van der Waals surface area contributed by atoms with Gasteiger partial charge in [-0.15, -0.1) is 0 Å². The molecule has 1 aliphatic heterocycles. The smallest absolute Gasteiger partial charge is 0.273 e. The van der Waals surface area contributed by atoms with E-state index in [1.54, 1.807) is 6.07 Å². The summed E-state index contributed by atoms with van der Waals surface area (Å²) in [4.78, 5) is 15.0. The summed E-state index contributed by atoms with van der Waals surface area (Å²) >= 11 is 12.6. The fourth-order valence-electron chi connectivity index (χ4n) is 3.62. The van der Waals surface area contributed by atoms with Crippen LogP contribution in [0.2, 0.25) is 10.0 Å². The summed E-state index contributed by atoms with van der Waals surface area (Å²) in [5, 5.41) is 8.54. The van der Waals surface area contributed by atoms with Crippen molar-refractivity contribution in [3.63, 3.8) is 0 Å². The lowest BCUT2D eigenvalue weighted by molar-refractivity contribution is 0.0741. The van der Waals surface area contributed by atoms with Gasteiger partial charge in [-0.25, -0.2) is 0 Å². The van der Waals surface area contributed by atoms with Gasteiger partial charge in [-0.1, -0.05) is 72.9 Å². The molecule has 4 nitrogen and oxygen atoms in total. The van der Waals surface area contributed by atoms with Gasteiger partial charge in [-0.2, -0.15) is 5.10 Å². The van der Waals surface area contributed by atoms with Gasteiger partial charge in [0.15, 0.2) is 0 Å². The number of amides is 1. The predicted molar refractivity (Wildman–Crippen MR) is 108 cm³/mol. The first-order chi connectivity index (χ1) is 13.1. The number of unbranched alkanes of at least 4 members (excludes halogenated alkanes) is 1. The van der Waals surface area contributed by atoms with Crippen molar-refractivity contribution in [3.05, 3.63) is 75.4 Å². The minimum absolute atomic E-state index is 0.0378. The highest BCUT2D eigenvalue weighted by Crippen LogP contribution is 2.45. The molecular formula is C21H19Cl2N3O. The van der Waals surface area contributed by atoms with Crippen molar-refractivity contribution in [2.24, 2.45) is 0 Å². The van der Waals surface area contributed by atoms with Crippen LogP contribution in [0.25, 0.3) is 11.3 Å². The van der Waals surface area contributed by atoms with Crippen LogP contribution in [0.3, 0.4) is 0 Å². The van der Waals surface area contributed by atoms with Crippen molar-refractivity contribution < 1.29 is 4.79 Å². The number of nitrogens with zero attached hydrogens (tertiary/aromatic N) is 2. The lowest BCUT2D eigenvalue weighted by Gasteiger charge is -2.27. The van der Waals surface area contributed by atoms with Crippen molar-refractivity contribution in [2.45, 2.75) is 25.8 Å². The molecule has 0 bridgehead atoms. The molecule has 0 saturated heterocycles. The molecule has 1 aliphatic rings. The summed E-state index contributed by atoms with van der Waals surface area (Å²) < 4.78 is 0. The second kappa shape index (κ2) is 7.37. The standard InChI is InChI=1S/C21H19Cl2N3O/c1-2-3-11-26-20(15-10-9-14(22)12-16(15)23)17-18(13-7-5-4-6-8-13)24-25-19(17)21(26)27/h4-10,12,20H,2-3,11H2,1H3,(H,24,25). The fourth-order valence-corrected chi connectivity index (χ4v) is 4.13. The number of hydrogen-bond donors (Lipinski definition) is 1. The van der Waals surface area contributed by atoms with Crippen LogP contribution in [0.15, 0.2) is 48.5 Å². The number of carbonyl (C=O) groups excluding carboxylic acids is 1. The number of rotatable bonds is 5. The Morgan fingerprint density at radius 2 is 1.93 bits per heavy atom. The Hall–Kier alpha value is -2.30. The number of carbonyl (C=O) groups is 1. The molecule has 1 atom stereocenters. The quantitative estimate of drug-likeness (QED) is 0.595. The topological polar surface area (TPSA) is 49.0 Å². The molecule has 2 aromatic carbocycles. The number of aromatic amines is 1. The largest absolute Gasteiger partial charge is 0.326 e. The lowest BCUT2D eigenvalue weighted by Crippen LogP contribution is -2.30. The molecule has 27 heavy (non-hydrogen) atoms. The molecule has 0 spiro atoms. The van der Waals surface area contributed by atoms with E-state index in [-0.39, 0.29) is 11.9 Å². The maximum atomic E-state index is 13.1. The zero-order valence-electron chi connectivity index (χ0n) is 14.9. The van der Waals surface area contributed by atoms with Gasteiger partial charge in [0.2, 0.25) is 0 Å². The van der Waals surface area contributed by atoms with E-state index in [1.807, 2.05) is 47.4 Å². The Labute approximate surface area is 168 Å². The van der Waals surface area contributed by atoms with E-state index in [0.717, 1.165) is 35.2 Å². The molecule has 0 saturated carbocycles. The van der Waals surface area contributed by atoms with Gasteiger partial charge in [-0.05, 0) is 24.1 Å². The average Bonchev–Trinajstić information content (AvgIpc) is 3.21. The highest BCUT2D eigenvalue weighted by atomic mass is 35.5. The molecule has 3 aromatic rings. The van der Waals surface area contributed by atoms with E-state index in [0.29, 0.717) is 22.3 Å². The number of H-pyrrole nitrogens is 1. The van der Waals surface area contributed by atoms with E-state index in [1.165, 1.54) is 0 Å². The van der Waals surface area contributed by atoms with Crippen molar-refractivity contribution in [1.29, 1.82) is 0 Å². The van der Waals surface area contributed by atoms with Crippen molar-refractivity contribution in [1.82, 2.24) is 15.1 Å². The van der Waals surface area contributed by atoms with E-state index < -0.39 is 0 Å². The van der Waals surface area contributed by atoms with Gasteiger partial charge in [-0.3, -0.25) is 9.89 Å². The molecule has 1 N–H and O–H groups in total. The minimum Gasteiger partial charge on any atom is -0.326 e. The second-order valence-corrected chi connectivity index (χ2v) is 7.49. The Morgan fingerprint density at radius 1 is 1.15 bits per heavy atom. The van der Waals surface area contributed by atoms with Crippen LogP contribution in [0.5, 0.6) is 0 Å². The van der Waals surface area contributed by atoms with Crippen LogP contribution < -0.4 is 0 Å². The van der Waals surface area contributed by atoms with Crippen LogP contribution in [0.4, 0.5) is 0 Å². The van der Waals surface area contributed by atoms with E-state index >= 15 is 0 Å². The number of aromatic nitrogens is 2. The molecule has 1 unspecified atom stereocenters. The van der Waals surface area contributed by atoms with Gasteiger partial charge in [0, 0.05) is 27.7 Å². The third-order valence-electron chi connectivity index (χ3n) is 4.92. The zero-order chi connectivity index (χ0) is 19.0. The first-order valence-corrected chi connectivity index (χ1v) is 9.77. The average molecular weight is 400 g/mol. The first kappa shape index (κ1) is 18.1. The number of hydrogen-bond acceptors (Lipinski definition) is 2. The van der Waals surface area contributed by atoms with Gasteiger partial charge < -0.3 is 4.90 Å². The summed E-state index contributed by atoms with van der Waals surface area (Å²) in [6, 6.07) is 15.0. The van der Waals surface area contributed by atoms with Gasteiger partial charge in [0.25, 0.3) is 5.91 Å². The highest BCUT2D eigenvalue weighted by Gasteiger charge is 2.42. The van der Waals surface area contributed by atoms with Crippen LogP contribution in [0, 0.1) is 0 Å². The molecule has 1 amide bonds. The van der Waals surface area contributed by atoms with Crippen molar-refractivity contribution >= 4 is 29.1 Å². The van der Waals surface area contributed by atoms with Gasteiger partial charge in [0.1, 0.15) is 5.69 Å². The summed E-state index contributed by atoms with van der Waals surface area (Å²) in [6.45, 7) is 2.77. The maximum absolute atomic E-state index is 13.1. The monoisotopic (exact) mass is 399 g/mol. The Bertz CT molecular complexity index is 984. The van der Waals surface area contributed by atoms with Crippen LogP contribution in [-0.4, -0.2) is 27.5 Å². The molecule has 138 valence electrons. The maximum Gasteiger partial charge on any atom is 0.273 e. The molecular weight excluding hydrogens is 381 g/mol. The number of nitrogens with one attached hydrogen (secondary N) is 1. The first-order valence-electron chi connectivity index (χ1n) is 9.01. The molecule has 0 aliphatic carbocycles. The van der Waals surface area contributed by atoms with Crippen LogP contribution >= 0.6 is 23.2 Å². The Kier molecular flexibility index (Phi) is 4.94. The third-order valence-corrected chi connectivity index (χ3v) is 5.48. The van der Waals surface area contributed by atoms with Crippen LogP contribution in [0.1, 0.15) is 47.4 Å². The van der Waals surface area contributed by atoms with Gasteiger partial charge in [0.05, 0.1) is 11.7 Å². The number of benzene rings is 2. The normalized spacial score (nSPS) is 16.0. The van der Waals surface area contributed by atoms with E-state index in [9.17, 15) is 4.79 Å². The molecule has 1 aromatic heterocycles. The predicted octanol–water partition coefficient (Wildman–Crippen LogP) is 5.73. The Balaban J connectivity index is 1.89. The minimum atomic E-state index is -0.280. The number of fused-ring (bicyclic) bond motifs is 1. The fraction of sp³-hybridized carbons (Fsp3) is 0.238. The van der Waals surface area contributed by atoms with Crippen molar-refractivity contribution in [2.75, 3.05) is 6.54 Å². The lowest BCUT2D eigenvalue weighted by atomic mass is 9.96. The molecule has 6 heteroatoms. The van der Waals surface area contributed by atoms with E-state index in [2.05, 4.69) is 17.1 Å². The summed E-state index contributed by atoms with van der Waals surface area (Å²) in [6.07, 6.45) is 1.92. The van der Waals surface area contributed by atoms with E-state index in [4.69, 9.17) is 23.2 Å². The molecule has 4 rings (SSSR count). The molecule has 2 heterocycles. The third kappa shape index (κ3) is 3.13. The SMILES string of the molecule is CCCCN1C(=O)c2[nH]nc(-c3ccccc3)c2C1c1ccc(Cl)cc1Cl. The van der Waals surface area contributed by atoms with Crippen molar-refractivity contribution in [3.8, 4) is 11.3 Å². The zero-order valence-corrected chi connectivity index (χ0v) is 16.4.